The zero-order valence-corrected chi connectivity index (χ0v) is 13.8. The first-order chi connectivity index (χ1) is 10.7. The van der Waals surface area contributed by atoms with Crippen LogP contribution in [0.1, 0.15) is 53.4 Å². The molecule has 0 saturated heterocycles. The minimum absolute atomic E-state index is 0.118. The second kappa shape index (κ2) is 7.29. The van der Waals surface area contributed by atoms with Gasteiger partial charge in [-0.2, -0.15) is 0 Å². The lowest BCUT2D eigenvalue weighted by molar-refractivity contribution is 0.548. The van der Waals surface area contributed by atoms with Crippen LogP contribution in [0.3, 0.4) is 0 Å². The van der Waals surface area contributed by atoms with Gasteiger partial charge in [0.15, 0.2) is 0 Å². The standard InChI is InChI=1S/C17H22FN3S/c1-12(13-9-14(18)11-19-10-13)20-8-4-7-17-21-15-5-2-3-6-16(15)22-17/h9-12,20H,2-8H2,1H3/t12-/m0/s1. The molecule has 2 aromatic heterocycles. The molecule has 0 amide bonds. The van der Waals surface area contributed by atoms with Crippen molar-refractivity contribution in [2.75, 3.05) is 6.54 Å². The van der Waals surface area contributed by atoms with Gasteiger partial charge in [0.1, 0.15) is 5.82 Å². The third kappa shape index (κ3) is 3.90. The van der Waals surface area contributed by atoms with Gasteiger partial charge in [-0.15, -0.1) is 11.3 Å². The molecule has 1 aliphatic rings. The topological polar surface area (TPSA) is 37.8 Å². The van der Waals surface area contributed by atoms with Gasteiger partial charge in [0.25, 0.3) is 0 Å². The smallest absolute Gasteiger partial charge is 0.141 e. The predicted octanol–water partition coefficient (Wildman–Crippen LogP) is 3.84. The fourth-order valence-electron chi connectivity index (χ4n) is 2.85. The van der Waals surface area contributed by atoms with Crippen molar-refractivity contribution in [1.82, 2.24) is 15.3 Å². The van der Waals surface area contributed by atoms with Crippen LogP contribution in [0.5, 0.6) is 0 Å². The third-order valence-corrected chi connectivity index (χ3v) is 5.35. The van der Waals surface area contributed by atoms with Crippen molar-refractivity contribution in [3.05, 3.63) is 45.4 Å². The maximum Gasteiger partial charge on any atom is 0.141 e. The molecular formula is C17H22FN3S. The van der Waals surface area contributed by atoms with Crippen molar-refractivity contribution in [3.8, 4) is 0 Å². The van der Waals surface area contributed by atoms with Crippen LogP contribution in [0, 0.1) is 5.82 Å². The molecule has 0 radical (unpaired) electrons. The van der Waals surface area contributed by atoms with Crippen molar-refractivity contribution in [2.24, 2.45) is 0 Å². The molecule has 0 aliphatic heterocycles. The van der Waals surface area contributed by atoms with Gasteiger partial charge in [0.2, 0.25) is 0 Å². The molecule has 2 heterocycles. The highest BCUT2D eigenvalue weighted by atomic mass is 32.1. The van der Waals surface area contributed by atoms with Crippen LogP contribution in [0.25, 0.3) is 0 Å². The lowest BCUT2D eigenvalue weighted by atomic mass is 10.0. The molecule has 3 rings (SSSR count). The first-order valence-electron chi connectivity index (χ1n) is 8.03. The highest BCUT2D eigenvalue weighted by molar-refractivity contribution is 7.11. The second-order valence-corrected chi connectivity index (χ2v) is 7.07. The lowest BCUT2D eigenvalue weighted by Crippen LogP contribution is -2.20. The Hall–Kier alpha value is -1.33. The zero-order valence-electron chi connectivity index (χ0n) is 12.9. The molecule has 2 aromatic rings. The van der Waals surface area contributed by atoms with Gasteiger partial charge < -0.3 is 5.32 Å². The molecule has 0 saturated carbocycles. The number of fused-ring (bicyclic) bond motifs is 1. The summed E-state index contributed by atoms with van der Waals surface area (Å²) in [4.78, 5) is 10.2. The summed E-state index contributed by atoms with van der Waals surface area (Å²) >= 11 is 1.89. The Labute approximate surface area is 135 Å². The molecule has 0 unspecified atom stereocenters. The molecule has 1 aliphatic carbocycles. The minimum atomic E-state index is -0.278. The third-order valence-electron chi connectivity index (χ3n) is 4.13. The minimum Gasteiger partial charge on any atom is -0.310 e. The van der Waals surface area contributed by atoms with Gasteiger partial charge in [0.05, 0.1) is 16.9 Å². The normalized spacial score (nSPS) is 15.5. The Morgan fingerprint density at radius 2 is 2.18 bits per heavy atom. The van der Waals surface area contributed by atoms with Gasteiger partial charge in [-0.1, -0.05) is 0 Å². The fraction of sp³-hybridized carbons (Fsp3) is 0.529. The monoisotopic (exact) mass is 319 g/mol. The second-order valence-electron chi connectivity index (χ2n) is 5.90. The van der Waals surface area contributed by atoms with Crippen LogP contribution in [0.4, 0.5) is 4.39 Å². The van der Waals surface area contributed by atoms with Crippen LogP contribution in [0.15, 0.2) is 18.5 Å². The molecule has 3 nitrogen and oxygen atoms in total. The van der Waals surface area contributed by atoms with Gasteiger partial charge in [0, 0.05) is 23.5 Å². The fourth-order valence-corrected chi connectivity index (χ4v) is 4.05. The van der Waals surface area contributed by atoms with Crippen molar-refractivity contribution in [3.63, 3.8) is 0 Å². The van der Waals surface area contributed by atoms with E-state index in [-0.39, 0.29) is 11.9 Å². The van der Waals surface area contributed by atoms with Crippen molar-refractivity contribution >= 4 is 11.3 Å². The van der Waals surface area contributed by atoms with Crippen LogP contribution in [-0.4, -0.2) is 16.5 Å². The number of hydrogen-bond donors (Lipinski definition) is 1. The highest BCUT2D eigenvalue weighted by Gasteiger charge is 2.14. The molecular weight excluding hydrogens is 297 g/mol. The summed E-state index contributed by atoms with van der Waals surface area (Å²) in [6.45, 7) is 2.94. The maximum atomic E-state index is 13.2. The van der Waals surface area contributed by atoms with E-state index in [1.165, 1.54) is 41.0 Å². The Balaban J connectivity index is 1.44. The Bertz CT molecular complexity index is 603. The van der Waals surface area contributed by atoms with E-state index in [1.54, 1.807) is 12.3 Å². The Kier molecular flexibility index (Phi) is 5.16. The van der Waals surface area contributed by atoms with Gasteiger partial charge >= 0.3 is 0 Å². The van der Waals surface area contributed by atoms with E-state index in [2.05, 4.69) is 10.3 Å². The summed E-state index contributed by atoms with van der Waals surface area (Å²) in [6, 6.07) is 1.66. The summed E-state index contributed by atoms with van der Waals surface area (Å²) < 4.78 is 13.2. The molecule has 0 spiro atoms. The summed E-state index contributed by atoms with van der Waals surface area (Å²) in [5.74, 6) is -0.278. The van der Waals surface area contributed by atoms with Crippen LogP contribution in [-0.2, 0) is 19.3 Å². The van der Waals surface area contributed by atoms with Crippen LogP contribution >= 0.6 is 11.3 Å². The quantitative estimate of drug-likeness (QED) is 0.822. The number of rotatable bonds is 6. The number of halogens is 1. The van der Waals surface area contributed by atoms with E-state index < -0.39 is 0 Å². The van der Waals surface area contributed by atoms with E-state index in [0.29, 0.717) is 0 Å². The SMILES string of the molecule is C[C@H](NCCCc1nc2c(s1)CCCC2)c1cncc(F)c1. The first-order valence-corrected chi connectivity index (χ1v) is 8.85. The molecule has 0 fully saturated rings. The number of aromatic nitrogens is 2. The largest absolute Gasteiger partial charge is 0.310 e. The summed E-state index contributed by atoms with van der Waals surface area (Å²) in [5.41, 5.74) is 2.24. The molecule has 1 N–H and O–H groups in total. The predicted molar refractivity (Wildman–Crippen MR) is 87.7 cm³/mol. The average Bonchev–Trinajstić information content (AvgIpc) is 2.94. The molecule has 118 valence electrons. The van der Waals surface area contributed by atoms with E-state index in [0.717, 1.165) is 31.4 Å². The van der Waals surface area contributed by atoms with E-state index in [1.807, 2.05) is 18.3 Å². The van der Waals surface area contributed by atoms with E-state index in [9.17, 15) is 4.39 Å². The van der Waals surface area contributed by atoms with Crippen molar-refractivity contribution in [1.29, 1.82) is 0 Å². The Morgan fingerprint density at radius 1 is 1.32 bits per heavy atom. The average molecular weight is 319 g/mol. The maximum absolute atomic E-state index is 13.2. The van der Waals surface area contributed by atoms with E-state index >= 15 is 0 Å². The number of aryl methyl sites for hydroxylation is 3. The summed E-state index contributed by atoms with van der Waals surface area (Å²) in [7, 11) is 0. The molecule has 5 heteroatoms. The molecule has 1 atom stereocenters. The van der Waals surface area contributed by atoms with Crippen LogP contribution < -0.4 is 5.32 Å². The van der Waals surface area contributed by atoms with Crippen molar-refractivity contribution < 1.29 is 4.39 Å². The summed E-state index contributed by atoms with van der Waals surface area (Å²) in [5, 5.41) is 4.70. The number of nitrogens with zero attached hydrogens (tertiary/aromatic N) is 2. The highest BCUT2D eigenvalue weighted by Crippen LogP contribution is 2.27. The lowest BCUT2D eigenvalue weighted by Gasteiger charge is -2.13. The number of hydrogen-bond acceptors (Lipinski definition) is 4. The van der Waals surface area contributed by atoms with Gasteiger partial charge in [-0.05, 0) is 57.2 Å². The van der Waals surface area contributed by atoms with E-state index in [4.69, 9.17) is 4.98 Å². The van der Waals surface area contributed by atoms with Gasteiger partial charge in [-0.3, -0.25) is 4.98 Å². The van der Waals surface area contributed by atoms with Gasteiger partial charge in [-0.25, -0.2) is 9.37 Å². The Morgan fingerprint density at radius 3 is 3.00 bits per heavy atom. The molecule has 0 aromatic carbocycles. The molecule has 22 heavy (non-hydrogen) atoms. The zero-order chi connectivity index (χ0) is 15.4. The molecule has 0 bridgehead atoms. The number of pyridine rings is 1. The van der Waals surface area contributed by atoms with Crippen molar-refractivity contribution in [2.45, 2.75) is 51.5 Å². The van der Waals surface area contributed by atoms with Crippen LogP contribution in [0.2, 0.25) is 0 Å². The number of thiazole rings is 1. The first kappa shape index (κ1) is 15.6. The summed E-state index contributed by atoms with van der Waals surface area (Å²) in [6.07, 6.45) is 10.0. The number of nitrogens with one attached hydrogen (secondary N) is 1.